The lowest BCUT2D eigenvalue weighted by molar-refractivity contribution is -0.275. The Morgan fingerprint density at radius 3 is 2.09 bits per heavy atom. The zero-order valence-corrected chi connectivity index (χ0v) is 17.3. The lowest BCUT2D eigenvalue weighted by atomic mass is 9.73. The molecule has 0 aromatic heterocycles. The molecule has 2 aromatic rings. The second kappa shape index (κ2) is 9.04. The number of halogens is 7. The SMILES string of the molecule is Fc1cc(OC(F)(F)c2ccc(C3CCC(C4CCC4)CO3)cc2F)ccc1OC(F)(F)F. The Morgan fingerprint density at radius 2 is 1.55 bits per heavy atom. The van der Waals surface area contributed by atoms with Crippen LogP contribution in [-0.2, 0) is 10.8 Å². The van der Waals surface area contributed by atoms with Gasteiger partial charge in [0.25, 0.3) is 0 Å². The van der Waals surface area contributed by atoms with Gasteiger partial charge in [0.15, 0.2) is 11.6 Å². The number of alkyl halides is 5. The summed E-state index contributed by atoms with van der Waals surface area (Å²) in [6.07, 6.45) is -4.54. The van der Waals surface area contributed by atoms with Gasteiger partial charge in [0.05, 0.1) is 18.3 Å². The van der Waals surface area contributed by atoms with E-state index in [1.807, 2.05) is 0 Å². The Labute approximate surface area is 185 Å². The minimum absolute atomic E-state index is 0.301. The van der Waals surface area contributed by atoms with Gasteiger partial charge in [-0.3, -0.25) is 0 Å². The van der Waals surface area contributed by atoms with Crippen molar-refractivity contribution in [2.45, 2.75) is 50.7 Å². The van der Waals surface area contributed by atoms with Crippen LogP contribution in [0.1, 0.15) is 49.3 Å². The molecule has 0 N–H and O–H groups in total. The molecule has 0 radical (unpaired) electrons. The molecule has 3 nitrogen and oxygen atoms in total. The Bertz CT molecular complexity index is 981. The predicted octanol–water partition coefficient (Wildman–Crippen LogP) is 7.26. The summed E-state index contributed by atoms with van der Waals surface area (Å²) in [6, 6.07) is 4.61. The fourth-order valence-electron chi connectivity index (χ4n) is 4.24. The van der Waals surface area contributed by atoms with Crippen LogP contribution in [-0.4, -0.2) is 13.0 Å². The summed E-state index contributed by atoms with van der Waals surface area (Å²) >= 11 is 0. The molecule has 2 unspecified atom stereocenters. The summed E-state index contributed by atoms with van der Waals surface area (Å²) in [4.78, 5) is 0. The maximum atomic E-state index is 14.6. The van der Waals surface area contributed by atoms with Crippen LogP contribution >= 0.6 is 0 Å². The number of hydrogen-bond acceptors (Lipinski definition) is 3. The molecule has 2 fully saturated rings. The highest BCUT2D eigenvalue weighted by atomic mass is 19.4. The van der Waals surface area contributed by atoms with E-state index in [1.54, 1.807) is 0 Å². The normalized spacial score (nSPS) is 22.0. The van der Waals surface area contributed by atoms with Crippen molar-refractivity contribution in [3.8, 4) is 11.5 Å². The highest BCUT2D eigenvalue weighted by Gasteiger charge is 2.39. The first kappa shape index (κ1) is 23.7. The fraction of sp³-hybridized carbons (Fsp3) is 0.478. The maximum Gasteiger partial charge on any atom is 0.573 e. The molecule has 0 spiro atoms. The minimum atomic E-state index is -5.15. The molecule has 1 heterocycles. The monoisotopic (exact) mass is 478 g/mol. The molecule has 4 rings (SSSR count). The largest absolute Gasteiger partial charge is 0.573 e. The van der Waals surface area contributed by atoms with Crippen LogP contribution in [0.4, 0.5) is 30.7 Å². The van der Waals surface area contributed by atoms with Gasteiger partial charge in [0.2, 0.25) is 0 Å². The van der Waals surface area contributed by atoms with Gasteiger partial charge >= 0.3 is 12.5 Å². The topological polar surface area (TPSA) is 27.7 Å². The van der Waals surface area contributed by atoms with E-state index >= 15 is 0 Å². The summed E-state index contributed by atoms with van der Waals surface area (Å²) in [5.74, 6) is -3.66. The molecule has 1 aliphatic heterocycles. The molecule has 0 amide bonds. The lowest BCUT2D eigenvalue weighted by Gasteiger charge is -2.38. The summed E-state index contributed by atoms with van der Waals surface area (Å²) in [5, 5.41) is 0. The second-order valence-electron chi connectivity index (χ2n) is 8.35. The molecule has 2 aromatic carbocycles. The zero-order valence-electron chi connectivity index (χ0n) is 17.3. The maximum absolute atomic E-state index is 14.6. The van der Waals surface area contributed by atoms with Crippen molar-refractivity contribution in [3.63, 3.8) is 0 Å². The molecule has 1 saturated carbocycles. The van der Waals surface area contributed by atoms with Gasteiger partial charge in [0, 0.05) is 6.07 Å². The van der Waals surface area contributed by atoms with Gasteiger partial charge in [0.1, 0.15) is 11.6 Å². The minimum Gasteiger partial charge on any atom is -0.429 e. The van der Waals surface area contributed by atoms with E-state index in [-0.39, 0.29) is 0 Å². The van der Waals surface area contributed by atoms with Crippen LogP contribution in [0.15, 0.2) is 36.4 Å². The van der Waals surface area contributed by atoms with E-state index < -0.39 is 47.3 Å². The molecule has 10 heteroatoms. The molecule has 2 atom stereocenters. The Hall–Kier alpha value is -2.49. The van der Waals surface area contributed by atoms with Crippen molar-refractivity contribution in [2.75, 3.05) is 6.61 Å². The quantitative estimate of drug-likeness (QED) is 0.409. The third-order valence-electron chi connectivity index (χ3n) is 6.18. The van der Waals surface area contributed by atoms with E-state index in [0.717, 1.165) is 18.6 Å². The van der Waals surface area contributed by atoms with Crippen molar-refractivity contribution in [1.82, 2.24) is 0 Å². The summed E-state index contributed by atoms with van der Waals surface area (Å²) in [7, 11) is 0. The van der Waals surface area contributed by atoms with Crippen LogP contribution in [0, 0.1) is 23.5 Å². The van der Waals surface area contributed by atoms with Crippen LogP contribution in [0.2, 0.25) is 0 Å². The molecular formula is C23H21F7O3. The first-order chi connectivity index (χ1) is 15.5. The van der Waals surface area contributed by atoms with Crippen molar-refractivity contribution in [3.05, 3.63) is 59.2 Å². The number of rotatable bonds is 6. The Balaban J connectivity index is 1.43. The third-order valence-corrected chi connectivity index (χ3v) is 6.18. The average Bonchev–Trinajstić information content (AvgIpc) is 2.68. The highest BCUT2D eigenvalue weighted by Crippen LogP contribution is 2.42. The lowest BCUT2D eigenvalue weighted by Crippen LogP contribution is -2.30. The summed E-state index contributed by atoms with van der Waals surface area (Å²) in [6.45, 7) is 0.553. The zero-order chi connectivity index (χ0) is 23.8. The van der Waals surface area contributed by atoms with Gasteiger partial charge in [-0.05, 0) is 54.5 Å². The molecule has 1 saturated heterocycles. The number of ether oxygens (including phenoxy) is 3. The first-order valence-corrected chi connectivity index (χ1v) is 10.6. The van der Waals surface area contributed by atoms with Crippen LogP contribution in [0.25, 0.3) is 0 Å². The van der Waals surface area contributed by atoms with E-state index in [4.69, 9.17) is 4.74 Å². The molecule has 0 bridgehead atoms. The van der Waals surface area contributed by atoms with Crippen molar-refractivity contribution in [1.29, 1.82) is 0 Å². The van der Waals surface area contributed by atoms with Gasteiger partial charge in [-0.25, -0.2) is 8.78 Å². The van der Waals surface area contributed by atoms with E-state index in [2.05, 4.69) is 9.47 Å². The predicted molar refractivity (Wildman–Crippen MR) is 103 cm³/mol. The van der Waals surface area contributed by atoms with Gasteiger partial charge in [-0.2, -0.15) is 8.78 Å². The molecular weight excluding hydrogens is 457 g/mol. The van der Waals surface area contributed by atoms with Crippen LogP contribution < -0.4 is 9.47 Å². The first-order valence-electron chi connectivity index (χ1n) is 10.6. The van der Waals surface area contributed by atoms with E-state index in [1.165, 1.54) is 25.3 Å². The molecule has 33 heavy (non-hydrogen) atoms. The average molecular weight is 478 g/mol. The van der Waals surface area contributed by atoms with E-state index in [0.29, 0.717) is 48.6 Å². The third kappa shape index (κ3) is 5.54. The van der Waals surface area contributed by atoms with Gasteiger partial charge in [-0.1, -0.05) is 25.3 Å². The second-order valence-corrected chi connectivity index (χ2v) is 8.35. The number of hydrogen-bond donors (Lipinski definition) is 0. The fourth-order valence-corrected chi connectivity index (χ4v) is 4.24. The summed E-state index contributed by atoms with van der Waals surface area (Å²) in [5.41, 5.74) is -0.663. The van der Waals surface area contributed by atoms with Crippen LogP contribution in [0.5, 0.6) is 11.5 Å². The Morgan fingerprint density at radius 1 is 0.788 bits per heavy atom. The van der Waals surface area contributed by atoms with Crippen molar-refractivity contribution in [2.24, 2.45) is 11.8 Å². The summed E-state index contributed by atoms with van der Waals surface area (Å²) < 4.78 is 108. The molecule has 2 aliphatic rings. The van der Waals surface area contributed by atoms with Crippen molar-refractivity contribution >= 4 is 0 Å². The van der Waals surface area contributed by atoms with E-state index in [9.17, 15) is 30.7 Å². The smallest absolute Gasteiger partial charge is 0.429 e. The van der Waals surface area contributed by atoms with Gasteiger partial charge in [-0.15, -0.1) is 13.2 Å². The standard InChI is InChI=1S/C23H21F7O3/c24-18-10-14(20-8-5-15(12-31-20)13-2-1-3-13)4-7-17(18)22(26,27)32-16-6-9-21(19(25)11-16)33-23(28,29)30/h4,6-7,9-11,13,15,20H,1-3,5,8,12H2. The highest BCUT2D eigenvalue weighted by molar-refractivity contribution is 5.35. The Kier molecular flexibility index (Phi) is 6.48. The number of benzene rings is 2. The molecule has 1 aliphatic carbocycles. The molecule has 180 valence electrons. The van der Waals surface area contributed by atoms with Crippen LogP contribution in [0.3, 0.4) is 0 Å². The van der Waals surface area contributed by atoms with Gasteiger partial charge < -0.3 is 14.2 Å². The van der Waals surface area contributed by atoms with Crippen molar-refractivity contribution < 1.29 is 44.9 Å².